The zero-order valence-corrected chi connectivity index (χ0v) is 16.9. The Morgan fingerprint density at radius 2 is 1.00 bits per heavy atom. The lowest BCUT2D eigenvalue weighted by Crippen LogP contribution is -2.09. The van der Waals surface area contributed by atoms with Crippen LogP contribution in [0.25, 0.3) is 0 Å². The molecule has 3 heteroatoms. The van der Waals surface area contributed by atoms with Crippen molar-refractivity contribution in [3.63, 3.8) is 0 Å². The van der Waals surface area contributed by atoms with Gasteiger partial charge in [0.05, 0.1) is 13.2 Å². The molecular formula is C22H42O3. The number of hydrogen-bond donors (Lipinski definition) is 0. The first-order chi connectivity index (χ1) is 12.3. The number of ether oxygens (including phenoxy) is 2. The molecule has 0 aromatic carbocycles. The second kappa shape index (κ2) is 21.1. The van der Waals surface area contributed by atoms with Gasteiger partial charge in [-0.2, -0.15) is 0 Å². The highest BCUT2D eigenvalue weighted by atomic mass is 16.7. The van der Waals surface area contributed by atoms with E-state index in [4.69, 9.17) is 9.47 Å². The minimum absolute atomic E-state index is 0.486. The molecule has 0 N–H and O–H groups in total. The van der Waals surface area contributed by atoms with Gasteiger partial charge in [0.1, 0.15) is 0 Å². The molecule has 0 aromatic heterocycles. The van der Waals surface area contributed by atoms with Crippen LogP contribution in [0, 0.1) is 0 Å². The summed E-state index contributed by atoms with van der Waals surface area (Å²) in [6.45, 7) is 5.37. The van der Waals surface area contributed by atoms with E-state index in [9.17, 15) is 4.79 Å². The second-order valence-electron chi connectivity index (χ2n) is 6.88. The van der Waals surface area contributed by atoms with Gasteiger partial charge in [0.15, 0.2) is 0 Å². The maximum Gasteiger partial charge on any atom is 0.508 e. The number of unbranched alkanes of at least 4 members (excludes halogenated alkanes) is 12. The SMILES string of the molecule is CCCCCC/C=C\CCCCCCCCOC(=O)OCCCCC. The smallest absolute Gasteiger partial charge is 0.434 e. The van der Waals surface area contributed by atoms with Crippen LogP contribution in [-0.4, -0.2) is 19.4 Å². The third-order valence-electron chi connectivity index (χ3n) is 4.34. The molecule has 0 fully saturated rings. The van der Waals surface area contributed by atoms with Crippen molar-refractivity contribution >= 4 is 6.16 Å². The summed E-state index contributed by atoms with van der Waals surface area (Å²) >= 11 is 0. The van der Waals surface area contributed by atoms with Gasteiger partial charge in [-0.05, 0) is 38.5 Å². The molecule has 0 rings (SSSR count). The van der Waals surface area contributed by atoms with Crippen molar-refractivity contribution in [2.45, 2.75) is 110 Å². The van der Waals surface area contributed by atoms with Crippen LogP contribution in [0.3, 0.4) is 0 Å². The zero-order valence-electron chi connectivity index (χ0n) is 16.9. The van der Waals surface area contributed by atoms with Crippen molar-refractivity contribution in [3.8, 4) is 0 Å². The third kappa shape index (κ3) is 21.0. The van der Waals surface area contributed by atoms with Crippen molar-refractivity contribution < 1.29 is 14.3 Å². The predicted molar refractivity (Wildman–Crippen MR) is 107 cm³/mol. The Balaban J connectivity index is 3.16. The number of allylic oxidation sites excluding steroid dienone is 2. The summed E-state index contributed by atoms with van der Waals surface area (Å²) in [5.41, 5.74) is 0. The van der Waals surface area contributed by atoms with Crippen LogP contribution < -0.4 is 0 Å². The molecule has 0 radical (unpaired) electrons. The van der Waals surface area contributed by atoms with E-state index in [0.717, 1.165) is 32.1 Å². The number of rotatable bonds is 18. The van der Waals surface area contributed by atoms with Gasteiger partial charge in [-0.3, -0.25) is 0 Å². The van der Waals surface area contributed by atoms with E-state index in [1.807, 2.05) is 0 Å². The molecule has 148 valence electrons. The first-order valence-electron chi connectivity index (χ1n) is 10.8. The molecule has 0 aromatic rings. The molecule has 0 bridgehead atoms. The monoisotopic (exact) mass is 354 g/mol. The molecule has 0 atom stereocenters. The molecule has 0 aliphatic heterocycles. The maximum absolute atomic E-state index is 11.3. The minimum atomic E-state index is -0.502. The van der Waals surface area contributed by atoms with Crippen molar-refractivity contribution in [3.05, 3.63) is 12.2 Å². The fourth-order valence-electron chi connectivity index (χ4n) is 2.70. The maximum atomic E-state index is 11.3. The van der Waals surface area contributed by atoms with E-state index in [0.29, 0.717) is 13.2 Å². The van der Waals surface area contributed by atoms with E-state index >= 15 is 0 Å². The Bertz CT molecular complexity index is 300. The molecule has 25 heavy (non-hydrogen) atoms. The fraction of sp³-hybridized carbons (Fsp3) is 0.864. The van der Waals surface area contributed by atoms with Gasteiger partial charge < -0.3 is 9.47 Å². The lowest BCUT2D eigenvalue weighted by Gasteiger charge is -2.06. The van der Waals surface area contributed by atoms with Gasteiger partial charge in [0.25, 0.3) is 0 Å². The summed E-state index contributed by atoms with van der Waals surface area (Å²) in [4.78, 5) is 11.3. The third-order valence-corrected chi connectivity index (χ3v) is 4.34. The van der Waals surface area contributed by atoms with Crippen molar-refractivity contribution in [2.24, 2.45) is 0 Å². The molecule has 0 amide bonds. The van der Waals surface area contributed by atoms with Gasteiger partial charge >= 0.3 is 6.16 Å². The van der Waals surface area contributed by atoms with Crippen LogP contribution >= 0.6 is 0 Å². The van der Waals surface area contributed by atoms with Crippen LogP contribution in [0.5, 0.6) is 0 Å². The molecule has 0 aliphatic carbocycles. The van der Waals surface area contributed by atoms with Crippen LogP contribution in [0.1, 0.15) is 110 Å². The van der Waals surface area contributed by atoms with Crippen LogP contribution in [0.2, 0.25) is 0 Å². The molecule has 0 spiro atoms. The van der Waals surface area contributed by atoms with E-state index < -0.39 is 6.16 Å². The van der Waals surface area contributed by atoms with E-state index in [2.05, 4.69) is 26.0 Å². The predicted octanol–water partition coefficient (Wildman–Crippen LogP) is 7.59. The van der Waals surface area contributed by atoms with Gasteiger partial charge in [-0.25, -0.2) is 4.79 Å². The highest BCUT2D eigenvalue weighted by Crippen LogP contribution is 2.09. The second-order valence-corrected chi connectivity index (χ2v) is 6.88. The Hall–Kier alpha value is -0.990. The van der Waals surface area contributed by atoms with Gasteiger partial charge in [-0.15, -0.1) is 0 Å². The summed E-state index contributed by atoms with van der Waals surface area (Å²) in [6, 6.07) is 0. The number of carbonyl (C=O) groups is 1. The van der Waals surface area contributed by atoms with Crippen LogP contribution in [-0.2, 0) is 9.47 Å². The molecule has 0 unspecified atom stereocenters. The summed E-state index contributed by atoms with van der Waals surface area (Å²) in [7, 11) is 0. The highest BCUT2D eigenvalue weighted by molar-refractivity contribution is 5.59. The topological polar surface area (TPSA) is 35.5 Å². The van der Waals surface area contributed by atoms with Crippen LogP contribution in [0.15, 0.2) is 12.2 Å². The zero-order chi connectivity index (χ0) is 18.4. The number of hydrogen-bond acceptors (Lipinski definition) is 3. The van der Waals surface area contributed by atoms with Crippen molar-refractivity contribution in [2.75, 3.05) is 13.2 Å². The van der Waals surface area contributed by atoms with Gasteiger partial charge in [-0.1, -0.05) is 83.8 Å². The average molecular weight is 355 g/mol. The summed E-state index contributed by atoms with van der Waals surface area (Å²) in [5.74, 6) is 0. The Kier molecular flexibility index (Phi) is 20.2. The molecule has 0 aliphatic rings. The normalized spacial score (nSPS) is 11.1. The fourth-order valence-corrected chi connectivity index (χ4v) is 2.70. The quantitative estimate of drug-likeness (QED) is 0.144. The Morgan fingerprint density at radius 3 is 1.56 bits per heavy atom. The standard InChI is InChI=1S/C22H42O3/c1-3-5-7-8-9-10-11-12-13-14-15-16-17-19-21-25-22(23)24-20-18-6-4-2/h10-11H,3-9,12-21H2,1-2H3/b11-10-. The van der Waals surface area contributed by atoms with Crippen LogP contribution in [0.4, 0.5) is 4.79 Å². The van der Waals surface area contributed by atoms with E-state index in [1.165, 1.54) is 64.2 Å². The molecular weight excluding hydrogens is 312 g/mol. The van der Waals surface area contributed by atoms with Crippen molar-refractivity contribution in [1.82, 2.24) is 0 Å². The van der Waals surface area contributed by atoms with Gasteiger partial charge in [0.2, 0.25) is 0 Å². The average Bonchev–Trinajstić information content (AvgIpc) is 2.62. The summed E-state index contributed by atoms with van der Waals surface area (Å²) < 4.78 is 10.1. The largest absolute Gasteiger partial charge is 0.508 e. The van der Waals surface area contributed by atoms with E-state index in [1.54, 1.807) is 0 Å². The summed E-state index contributed by atoms with van der Waals surface area (Å²) in [6.07, 6.45) is 22.5. The first kappa shape index (κ1) is 24.0. The molecule has 0 heterocycles. The minimum Gasteiger partial charge on any atom is -0.434 e. The van der Waals surface area contributed by atoms with Gasteiger partial charge in [0, 0.05) is 0 Å². The molecule has 0 saturated heterocycles. The Morgan fingerprint density at radius 1 is 0.600 bits per heavy atom. The number of carbonyl (C=O) groups excluding carboxylic acids is 1. The summed E-state index contributed by atoms with van der Waals surface area (Å²) in [5, 5.41) is 0. The van der Waals surface area contributed by atoms with Crippen molar-refractivity contribution in [1.29, 1.82) is 0 Å². The molecule has 0 saturated carbocycles. The lowest BCUT2D eigenvalue weighted by molar-refractivity contribution is 0.0530. The highest BCUT2D eigenvalue weighted by Gasteiger charge is 2.02. The first-order valence-corrected chi connectivity index (χ1v) is 10.8. The lowest BCUT2D eigenvalue weighted by atomic mass is 10.1. The molecule has 3 nitrogen and oxygen atoms in total. The van der Waals surface area contributed by atoms with E-state index in [-0.39, 0.29) is 0 Å². The Labute approximate surface area is 156 Å².